The summed E-state index contributed by atoms with van der Waals surface area (Å²) in [6, 6.07) is 7.92. The quantitative estimate of drug-likeness (QED) is 0.511. The Hall–Kier alpha value is -1.98. The predicted octanol–water partition coefficient (Wildman–Crippen LogP) is 4.41. The van der Waals surface area contributed by atoms with Crippen LogP contribution in [0.4, 0.5) is 4.39 Å². The summed E-state index contributed by atoms with van der Waals surface area (Å²) >= 11 is 6.12. The van der Waals surface area contributed by atoms with Gasteiger partial charge in [-0.3, -0.25) is 15.4 Å². The van der Waals surface area contributed by atoms with Crippen LogP contribution in [0.25, 0.3) is 0 Å². The lowest BCUT2D eigenvalue weighted by Gasteiger charge is -2.59. The van der Waals surface area contributed by atoms with E-state index in [9.17, 15) is 4.39 Å². The number of halogens is 2. The van der Waals surface area contributed by atoms with Crippen molar-refractivity contribution in [3.8, 4) is 0 Å². The molecule has 2 N–H and O–H groups in total. The molecule has 1 saturated heterocycles. The third-order valence-electron chi connectivity index (χ3n) is 6.52. The molecule has 4 nitrogen and oxygen atoms in total. The van der Waals surface area contributed by atoms with E-state index < -0.39 is 0 Å². The Kier molecular flexibility index (Phi) is 5.63. The van der Waals surface area contributed by atoms with Crippen molar-refractivity contribution in [3.63, 3.8) is 0 Å². The topological polar surface area (TPSA) is 55.9 Å². The van der Waals surface area contributed by atoms with Gasteiger partial charge in [0.2, 0.25) is 0 Å². The molecule has 1 spiro atoms. The fraction of sp³-hybridized carbons (Fsp3) is 0.478. The second kappa shape index (κ2) is 8.04. The van der Waals surface area contributed by atoms with Gasteiger partial charge in [-0.15, -0.1) is 0 Å². The average molecular weight is 415 g/mol. The maximum Gasteiger partial charge on any atom is 0.143 e. The minimum absolute atomic E-state index is 0.149. The third-order valence-corrected chi connectivity index (χ3v) is 6.94. The van der Waals surface area contributed by atoms with Crippen LogP contribution in [0.15, 0.2) is 30.5 Å². The van der Waals surface area contributed by atoms with Crippen molar-refractivity contribution in [3.05, 3.63) is 63.5 Å². The molecular formula is C23H28ClFN4. The summed E-state index contributed by atoms with van der Waals surface area (Å²) in [5.74, 6) is 0.455. The van der Waals surface area contributed by atoms with Crippen LogP contribution in [0.3, 0.4) is 0 Å². The molecule has 154 valence electrons. The van der Waals surface area contributed by atoms with Crippen molar-refractivity contribution < 1.29 is 4.39 Å². The van der Waals surface area contributed by atoms with Crippen LogP contribution in [0.1, 0.15) is 36.0 Å². The maximum atomic E-state index is 14.1. The fourth-order valence-electron chi connectivity index (χ4n) is 5.17. The molecule has 2 fully saturated rings. The summed E-state index contributed by atoms with van der Waals surface area (Å²) in [6.45, 7) is 5.38. The summed E-state index contributed by atoms with van der Waals surface area (Å²) in [5, 5.41) is 15.8. The Morgan fingerprint density at radius 1 is 1.28 bits per heavy atom. The van der Waals surface area contributed by atoms with Crippen molar-refractivity contribution in [2.45, 2.75) is 39.0 Å². The molecule has 0 unspecified atom stereocenters. The Bertz CT molecular complexity index is 969. The standard InChI is InChI=1S/C23H28ClFN4/c1-16-7-17(4-5-20(16)24)8-18-10-23(11-18)13-28(14-23)6-2-3-19-9-22(27)29(15-26)12-21(19)25/h4-5,7,9,12,15,18,26-27H,2-3,6,8,10-11,13-14H2,1H3. The van der Waals surface area contributed by atoms with Crippen molar-refractivity contribution in [2.75, 3.05) is 19.6 Å². The molecular weight excluding hydrogens is 387 g/mol. The van der Waals surface area contributed by atoms with Crippen LogP contribution in [-0.2, 0) is 12.8 Å². The SMILES string of the molecule is Cc1cc(CC2CC3(C2)CN(CCCc2cc(=N)n(C=N)cc2F)C3)ccc1Cl. The summed E-state index contributed by atoms with van der Waals surface area (Å²) in [4.78, 5) is 2.48. The number of nitrogens with one attached hydrogen (secondary N) is 2. The van der Waals surface area contributed by atoms with Crippen LogP contribution < -0.4 is 5.49 Å². The molecule has 2 aromatic rings. The summed E-state index contributed by atoms with van der Waals surface area (Å²) in [6.07, 6.45) is 7.48. The first kappa shape index (κ1) is 20.3. The molecule has 2 aliphatic rings. The predicted molar refractivity (Wildman–Crippen MR) is 114 cm³/mol. The Labute approximate surface area is 176 Å². The highest BCUT2D eigenvalue weighted by Gasteiger charge is 2.51. The minimum Gasteiger partial charge on any atom is -0.302 e. The Balaban J connectivity index is 1.19. The van der Waals surface area contributed by atoms with E-state index in [-0.39, 0.29) is 11.3 Å². The highest BCUT2D eigenvalue weighted by molar-refractivity contribution is 6.31. The number of aromatic nitrogens is 1. The number of likely N-dealkylation sites (tertiary alicyclic amines) is 1. The Morgan fingerprint density at radius 2 is 2.03 bits per heavy atom. The Morgan fingerprint density at radius 3 is 2.72 bits per heavy atom. The lowest BCUT2D eigenvalue weighted by Crippen LogP contribution is -2.62. The molecule has 0 radical (unpaired) electrons. The number of hydrogen-bond donors (Lipinski definition) is 2. The molecule has 29 heavy (non-hydrogen) atoms. The van der Waals surface area contributed by atoms with Gasteiger partial charge in [0.1, 0.15) is 11.3 Å². The van der Waals surface area contributed by atoms with Gasteiger partial charge in [0, 0.05) is 24.3 Å². The van der Waals surface area contributed by atoms with E-state index in [4.69, 9.17) is 22.4 Å². The van der Waals surface area contributed by atoms with E-state index in [1.54, 1.807) is 0 Å². The van der Waals surface area contributed by atoms with Gasteiger partial charge < -0.3 is 4.90 Å². The van der Waals surface area contributed by atoms with Gasteiger partial charge >= 0.3 is 0 Å². The van der Waals surface area contributed by atoms with E-state index in [1.165, 1.54) is 35.2 Å². The molecule has 0 amide bonds. The van der Waals surface area contributed by atoms with Gasteiger partial charge in [-0.05, 0) is 85.7 Å². The largest absolute Gasteiger partial charge is 0.302 e. The molecule has 0 bridgehead atoms. The smallest absolute Gasteiger partial charge is 0.143 e. The molecule has 1 aliphatic carbocycles. The van der Waals surface area contributed by atoms with Crippen molar-refractivity contribution in [1.29, 1.82) is 10.8 Å². The van der Waals surface area contributed by atoms with Crippen LogP contribution in [0, 0.1) is 34.9 Å². The molecule has 1 aromatic carbocycles. The average Bonchev–Trinajstić information content (AvgIpc) is 2.63. The van der Waals surface area contributed by atoms with E-state index in [0.717, 1.165) is 55.3 Å². The fourth-order valence-corrected chi connectivity index (χ4v) is 5.29. The number of rotatable bonds is 7. The number of hydrogen-bond acceptors (Lipinski definition) is 3. The summed E-state index contributed by atoms with van der Waals surface area (Å²) < 4.78 is 15.2. The highest BCUT2D eigenvalue weighted by Crippen LogP contribution is 2.52. The first-order valence-corrected chi connectivity index (χ1v) is 10.7. The van der Waals surface area contributed by atoms with E-state index in [2.05, 4.69) is 24.0 Å². The highest BCUT2D eigenvalue weighted by atomic mass is 35.5. The summed E-state index contributed by atoms with van der Waals surface area (Å²) in [5.41, 5.74) is 3.80. The monoisotopic (exact) mass is 414 g/mol. The van der Waals surface area contributed by atoms with E-state index >= 15 is 0 Å². The number of aryl methyl sites for hydroxylation is 2. The van der Waals surface area contributed by atoms with Gasteiger partial charge in [-0.25, -0.2) is 4.39 Å². The second-order valence-electron chi connectivity index (χ2n) is 8.94. The molecule has 2 heterocycles. The number of benzene rings is 1. The first-order chi connectivity index (χ1) is 13.9. The lowest BCUT2D eigenvalue weighted by atomic mass is 9.56. The third kappa shape index (κ3) is 4.31. The van der Waals surface area contributed by atoms with Gasteiger partial charge in [0.05, 0.1) is 6.34 Å². The molecule has 1 saturated carbocycles. The van der Waals surface area contributed by atoms with Crippen LogP contribution in [0.2, 0.25) is 5.02 Å². The number of pyridine rings is 1. The zero-order valence-electron chi connectivity index (χ0n) is 16.8. The maximum absolute atomic E-state index is 14.1. The molecule has 1 aliphatic heterocycles. The van der Waals surface area contributed by atoms with E-state index in [1.807, 2.05) is 6.07 Å². The zero-order chi connectivity index (χ0) is 20.6. The van der Waals surface area contributed by atoms with Gasteiger partial charge in [0.15, 0.2) is 0 Å². The molecule has 4 rings (SSSR count). The normalized spacial score (nSPS) is 18.4. The van der Waals surface area contributed by atoms with E-state index in [0.29, 0.717) is 17.4 Å². The van der Waals surface area contributed by atoms with Crippen LogP contribution in [0.5, 0.6) is 0 Å². The summed E-state index contributed by atoms with van der Waals surface area (Å²) in [7, 11) is 0. The van der Waals surface area contributed by atoms with Crippen molar-refractivity contribution in [1.82, 2.24) is 9.47 Å². The van der Waals surface area contributed by atoms with Gasteiger partial charge in [-0.1, -0.05) is 23.7 Å². The minimum atomic E-state index is -0.330. The molecule has 0 atom stereocenters. The second-order valence-corrected chi connectivity index (χ2v) is 9.35. The number of nitrogens with zero attached hydrogens (tertiary/aromatic N) is 2. The van der Waals surface area contributed by atoms with Crippen molar-refractivity contribution in [2.24, 2.45) is 11.3 Å². The molecule has 1 aromatic heterocycles. The van der Waals surface area contributed by atoms with Crippen molar-refractivity contribution >= 4 is 17.9 Å². The lowest BCUT2D eigenvalue weighted by molar-refractivity contribution is -0.0937. The molecule has 6 heteroatoms. The van der Waals surface area contributed by atoms with Gasteiger partial charge in [-0.2, -0.15) is 0 Å². The zero-order valence-corrected chi connectivity index (χ0v) is 17.6. The first-order valence-electron chi connectivity index (χ1n) is 10.3. The van der Waals surface area contributed by atoms with Gasteiger partial charge in [0.25, 0.3) is 0 Å². The van der Waals surface area contributed by atoms with Crippen LogP contribution >= 0.6 is 11.6 Å². The van der Waals surface area contributed by atoms with Crippen LogP contribution in [-0.4, -0.2) is 35.4 Å².